The average Bonchev–Trinajstić information content (AvgIpc) is 2.47. The summed E-state index contributed by atoms with van der Waals surface area (Å²) in [6.45, 7) is 2.07. The van der Waals surface area contributed by atoms with Crippen LogP contribution in [-0.4, -0.2) is 4.98 Å². The minimum atomic E-state index is -0.176. The predicted molar refractivity (Wildman–Crippen MR) is 79.0 cm³/mol. The van der Waals surface area contributed by atoms with Crippen molar-refractivity contribution in [2.45, 2.75) is 13.0 Å². The fourth-order valence-corrected chi connectivity index (χ4v) is 2.20. The van der Waals surface area contributed by atoms with Gasteiger partial charge in [-0.15, -0.1) is 0 Å². The number of nitrogens with two attached hydrogens (primary N) is 1. The molecule has 2 N–H and O–H groups in total. The van der Waals surface area contributed by atoms with Crippen molar-refractivity contribution in [3.63, 3.8) is 0 Å². The van der Waals surface area contributed by atoms with E-state index in [9.17, 15) is 0 Å². The molecule has 2 aromatic carbocycles. The molecule has 94 valence electrons. The summed E-state index contributed by atoms with van der Waals surface area (Å²) in [6.07, 6.45) is 0. The van der Waals surface area contributed by atoms with Crippen molar-refractivity contribution in [1.82, 2.24) is 4.98 Å². The first-order chi connectivity index (χ1) is 9.24. The van der Waals surface area contributed by atoms with Crippen molar-refractivity contribution in [1.29, 1.82) is 0 Å². The van der Waals surface area contributed by atoms with E-state index < -0.39 is 0 Å². The number of nitrogens with zero attached hydrogens (tertiary/aromatic N) is 1. The van der Waals surface area contributed by atoms with Crippen LogP contribution in [0.1, 0.15) is 22.9 Å². The summed E-state index contributed by atoms with van der Waals surface area (Å²) in [5.41, 5.74) is 10.5. The Labute approximate surface area is 112 Å². The van der Waals surface area contributed by atoms with Crippen LogP contribution in [0.4, 0.5) is 0 Å². The Morgan fingerprint density at radius 1 is 0.895 bits per heavy atom. The van der Waals surface area contributed by atoms with Crippen LogP contribution < -0.4 is 5.73 Å². The Balaban J connectivity index is 2.01. The lowest BCUT2D eigenvalue weighted by Gasteiger charge is -2.12. The molecule has 1 heterocycles. The molecule has 0 radical (unpaired) electrons. The molecule has 0 aliphatic rings. The van der Waals surface area contributed by atoms with Gasteiger partial charge in [0.05, 0.1) is 17.3 Å². The smallest absolute Gasteiger partial charge is 0.0726 e. The Morgan fingerprint density at radius 2 is 1.63 bits per heavy atom. The highest BCUT2D eigenvalue weighted by molar-refractivity contribution is 5.78. The van der Waals surface area contributed by atoms with Crippen LogP contribution in [0.2, 0.25) is 0 Å². The average molecular weight is 248 g/mol. The third-order valence-corrected chi connectivity index (χ3v) is 3.38. The van der Waals surface area contributed by atoms with E-state index in [1.807, 2.05) is 24.3 Å². The maximum absolute atomic E-state index is 6.29. The zero-order valence-electron chi connectivity index (χ0n) is 10.9. The molecule has 1 aromatic heterocycles. The quantitative estimate of drug-likeness (QED) is 0.752. The first-order valence-corrected chi connectivity index (χ1v) is 6.42. The minimum absolute atomic E-state index is 0.176. The van der Waals surface area contributed by atoms with Gasteiger partial charge in [-0.05, 0) is 24.6 Å². The number of aryl methyl sites for hydroxylation is 1. The van der Waals surface area contributed by atoms with Gasteiger partial charge in [0.2, 0.25) is 0 Å². The topological polar surface area (TPSA) is 38.9 Å². The molecule has 0 aliphatic carbocycles. The lowest BCUT2D eigenvalue weighted by molar-refractivity contribution is 0.835. The van der Waals surface area contributed by atoms with E-state index in [1.165, 1.54) is 5.56 Å². The van der Waals surface area contributed by atoms with E-state index in [0.717, 1.165) is 22.2 Å². The summed E-state index contributed by atoms with van der Waals surface area (Å²) in [6, 6.07) is 20.3. The summed E-state index contributed by atoms with van der Waals surface area (Å²) in [5.74, 6) is 0. The molecule has 2 nitrogen and oxygen atoms in total. The van der Waals surface area contributed by atoms with E-state index in [4.69, 9.17) is 5.73 Å². The van der Waals surface area contributed by atoms with E-state index in [0.29, 0.717) is 0 Å². The van der Waals surface area contributed by atoms with Crippen molar-refractivity contribution in [3.8, 4) is 0 Å². The lowest BCUT2D eigenvalue weighted by atomic mass is 10.0. The third-order valence-electron chi connectivity index (χ3n) is 3.38. The van der Waals surface area contributed by atoms with Gasteiger partial charge in [0.25, 0.3) is 0 Å². The molecule has 0 saturated heterocycles. The highest BCUT2D eigenvalue weighted by atomic mass is 14.8. The molecule has 0 bridgehead atoms. The molecule has 2 heteroatoms. The molecule has 0 aliphatic heterocycles. The Bertz CT molecular complexity index is 702. The lowest BCUT2D eigenvalue weighted by Crippen LogP contribution is -2.13. The summed E-state index contributed by atoms with van der Waals surface area (Å²) in [4.78, 5) is 4.65. The molecule has 3 aromatic rings. The monoisotopic (exact) mass is 248 g/mol. The zero-order valence-corrected chi connectivity index (χ0v) is 10.9. The van der Waals surface area contributed by atoms with Gasteiger partial charge in [-0.1, -0.05) is 54.1 Å². The summed E-state index contributed by atoms with van der Waals surface area (Å²) in [5, 5.41) is 1.14. The molecular formula is C17H16N2. The minimum Gasteiger partial charge on any atom is -0.319 e. The predicted octanol–water partition coefficient (Wildman–Crippen LogP) is 3.59. The van der Waals surface area contributed by atoms with E-state index in [-0.39, 0.29) is 6.04 Å². The number of hydrogen-bond donors (Lipinski definition) is 1. The maximum Gasteiger partial charge on any atom is 0.0726 e. The maximum atomic E-state index is 6.29. The number of benzene rings is 2. The van der Waals surface area contributed by atoms with Gasteiger partial charge in [-0.2, -0.15) is 0 Å². The van der Waals surface area contributed by atoms with Crippen molar-refractivity contribution >= 4 is 10.9 Å². The van der Waals surface area contributed by atoms with Crippen molar-refractivity contribution in [2.24, 2.45) is 5.73 Å². The van der Waals surface area contributed by atoms with Gasteiger partial charge in [0.15, 0.2) is 0 Å². The van der Waals surface area contributed by atoms with Crippen LogP contribution in [0, 0.1) is 6.92 Å². The second-order valence-electron chi connectivity index (χ2n) is 4.82. The second kappa shape index (κ2) is 4.82. The molecule has 0 spiro atoms. The number of pyridine rings is 1. The molecule has 19 heavy (non-hydrogen) atoms. The second-order valence-corrected chi connectivity index (χ2v) is 4.82. The van der Waals surface area contributed by atoms with Gasteiger partial charge >= 0.3 is 0 Å². The van der Waals surface area contributed by atoms with Gasteiger partial charge in [-0.25, -0.2) is 0 Å². The first kappa shape index (κ1) is 11.9. The van der Waals surface area contributed by atoms with E-state index in [2.05, 4.69) is 48.3 Å². The summed E-state index contributed by atoms with van der Waals surface area (Å²) >= 11 is 0. The number of para-hydroxylation sites is 1. The number of aromatic nitrogens is 1. The van der Waals surface area contributed by atoms with Gasteiger partial charge in [-0.3, -0.25) is 4.98 Å². The standard InChI is InChI=1S/C17H16N2/c1-12-6-8-14(9-7-12)17(18)16-11-10-13-4-2-3-5-15(13)19-16/h2-11,17H,18H2,1H3. The van der Waals surface area contributed by atoms with E-state index >= 15 is 0 Å². The third kappa shape index (κ3) is 2.35. The first-order valence-electron chi connectivity index (χ1n) is 6.42. The summed E-state index contributed by atoms with van der Waals surface area (Å²) < 4.78 is 0. The molecule has 0 fully saturated rings. The number of rotatable bonds is 2. The molecule has 0 saturated carbocycles. The van der Waals surface area contributed by atoms with Crippen molar-refractivity contribution in [3.05, 3.63) is 77.5 Å². The highest BCUT2D eigenvalue weighted by Crippen LogP contribution is 2.21. The molecule has 1 atom stereocenters. The largest absolute Gasteiger partial charge is 0.319 e. The summed E-state index contributed by atoms with van der Waals surface area (Å²) in [7, 11) is 0. The Hall–Kier alpha value is -2.19. The van der Waals surface area contributed by atoms with Crippen LogP contribution in [0.3, 0.4) is 0 Å². The van der Waals surface area contributed by atoms with Crippen molar-refractivity contribution < 1.29 is 0 Å². The molecule has 3 rings (SSSR count). The van der Waals surface area contributed by atoms with Gasteiger partial charge < -0.3 is 5.73 Å². The van der Waals surface area contributed by atoms with Crippen LogP contribution >= 0.6 is 0 Å². The fourth-order valence-electron chi connectivity index (χ4n) is 2.20. The Morgan fingerprint density at radius 3 is 2.42 bits per heavy atom. The van der Waals surface area contributed by atoms with Crippen LogP contribution in [-0.2, 0) is 0 Å². The van der Waals surface area contributed by atoms with E-state index in [1.54, 1.807) is 0 Å². The van der Waals surface area contributed by atoms with Crippen LogP contribution in [0.25, 0.3) is 10.9 Å². The zero-order chi connectivity index (χ0) is 13.2. The molecular weight excluding hydrogens is 232 g/mol. The molecule has 0 amide bonds. The highest BCUT2D eigenvalue weighted by Gasteiger charge is 2.10. The normalized spacial score (nSPS) is 12.5. The SMILES string of the molecule is Cc1ccc(C(N)c2ccc3ccccc3n2)cc1. The van der Waals surface area contributed by atoms with Gasteiger partial charge in [0, 0.05) is 5.39 Å². The molecule has 1 unspecified atom stereocenters. The van der Waals surface area contributed by atoms with Crippen molar-refractivity contribution in [2.75, 3.05) is 0 Å². The number of hydrogen-bond acceptors (Lipinski definition) is 2. The fraction of sp³-hybridized carbons (Fsp3) is 0.118. The Kier molecular flexibility index (Phi) is 3.02. The van der Waals surface area contributed by atoms with Crippen LogP contribution in [0.5, 0.6) is 0 Å². The van der Waals surface area contributed by atoms with Crippen LogP contribution in [0.15, 0.2) is 60.7 Å². The van der Waals surface area contributed by atoms with Gasteiger partial charge in [0.1, 0.15) is 0 Å². The number of fused-ring (bicyclic) bond motifs is 1.